The molecule has 1 unspecified atom stereocenters. The fraction of sp³-hybridized carbons (Fsp3) is 0.143. The molecule has 0 saturated carbocycles. The highest BCUT2D eigenvalue weighted by atomic mass is 35.5. The van der Waals surface area contributed by atoms with E-state index >= 15 is 0 Å². The first-order valence-electron chi connectivity index (χ1n) is 9.06. The summed E-state index contributed by atoms with van der Waals surface area (Å²) in [6.45, 7) is 0. The monoisotopic (exact) mass is 454 g/mol. The van der Waals surface area contributed by atoms with E-state index in [0.717, 1.165) is 5.69 Å². The summed E-state index contributed by atoms with van der Waals surface area (Å²) in [4.78, 5) is 8.65. The number of nitrogens with one attached hydrogen (secondary N) is 3. The number of methoxy groups -OCH3 is 2. The third-order valence-electron chi connectivity index (χ3n) is 4.23. The maximum Gasteiger partial charge on any atom is 0.189 e. The highest BCUT2D eigenvalue weighted by molar-refractivity contribution is 7.80. The van der Waals surface area contributed by atoms with Crippen molar-refractivity contribution in [2.24, 2.45) is 0 Å². The van der Waals surface area contributed by atoms with Crippen LogP contribution in [-0.2, 0) is 0 Å². The van der Waals surface area contributed by atoms with Gasteiger partial charge in [-0.3, -0.25) is 15.8 Å². The van der Waals surface area contributed by atoms with Gasteiger partial charge < -0.3 is 14.8 Å². The molecule has 1 atom stereocenters. The lowest BCUT2D eigenvalue weighted by atomic mass is 9.97. The fourth-order valence-electron chi connectivity index (χ4n) is 2.74. The van der Waals surface area contributed by atoms with Gasteiger partial charge in [-0.2, -0.15) is 5.26 Å². The molecule has 0 radical (unpaired) electrons. The highest BCUT2D eigenvalue weighted by Gasteiger charge is 2.18. The SMILES string of the molecule is COc1ccc(C(C#N)c2cncc(NNC(=S)Nc3ccc(Cl)cc3)n2)cc1OC. The number of ether oxygens (including phenoxy) is 2. The Kier molecular flexibility index (Phi) is 7.43. The molecule has 1 aromatic heterocycles. The lowest BCUT2D eigenvalue weighted by Crippen LogP contribution is -2.33. The van der Waals surface area contributed by atoms with Crippen molar-refractivity contribution in [1.29, 1.82) is 5.26 Å². The lowest BCUT2D eigenvalue weighted by molar-refractivity contribution is 0.354. The number of hydrogen-bond donors (Lipinski definition) is 3. The first-order chi connectivity index (χ1) is 15.0. The average molecular weight is 455 g/mol. The van der Waals surface area contributed by atoms with Crippen LogP contribution in [0, 0.1) is 11.3 Å². The molecule has 0 amide bonds. The van der Waals surface area contributed by atoms with Gasteiger partial charge in [-0.05, 0) is 54.2 Å². The molecule has 0 spiro atoms. The van der Waals surface area contributed by atoms with E-state index in [1.807, 2.05) is 0 Å². The highest BCUT2D eigenvalue weighted by Crippen LogP contribution is 2.32. The third kappa shape index (κ3) is 5.72. The molecule has 2 aromatic carbocycles. The zero-order chi connectivity index (χ0) is 22.2. The molecule has 0 aliphatic heterocycles. The van der Waals surface area contributed by atoms with E-state index in [-0.39, 0.29) is 0 Å². The van der Waals surface area contributed by atoms with Gasteiger partial charge in [0.15, 0.2) is 22.4 Å². The summed E-state index contributed by atoms with van der Waals surface area (Å²) in [5, 5.41) is 13.7. The third-order valence-corrected chi connectivity index (χ3v) is 4.68. The standard InChI is InChI=1S/C21H19ClN6O2S/c1-29-18-8-3-13(9-19(18)30-2)16(10-23)17-11-24-12-20(26-17)27-28-21(31)25-15-6-4-14(22)5-7-15/h3-9,11-12,16H,1-2H3,(H,26,27)(H2,25,28,31). The van der Waals surface area contributed by atoms with Crippen LogP contribution in [0.1, 0.15) is 17.2 Å². The van der Waals surface area contributed by atoms with Crippen molar-refractivity contribution < 1.29 is 9.47 Å². The first kappa shape index (κ1) is 22.1. The number of thiocarbonyl (C=S) groups is 1. The number of rotatable bonds is 7. The number of benzene rings is 2. The van der Waals surface area contributed by atoms with Crippen LogP contribution in [0.4, 0.5) is 11.5 Å². The number of halogens is 1. The summed E-state index contributed by atoms with van der Waals surface area (Å²) in [7, 11) is 3.10. The Hall–Kier alpha value is -3.61. The van der Waals surface area contributed by atoms with Gasteiger partial charge in [0.25, 0.3) is 0 Å². The van der Waals surface area contributed by atoms with Crippen LogP contribution in [0.5, 0.6) is 11.5 Å². The zero-order valence-corrected chi connectivity index (χ0v) is 18.3. The van der Waals surface area contributed by atoms with Crippen molar-refractivity contribution in [3.05, 3.63) is 71.1 Å². The Morgan fingerprint density at radius 3 is 2.52 bits per heavy atom. The van der Waals surface area contributed by atoms with Gasteiger partial charge in [0.1, 0.15) is 5.92 Å². The van der Waals surface area contributed by atoms with E-state index in [0.29, 0.717) is 38.7 Å². The van der Waals surface area contributed by atoms with Crippen LogP contribution in [0.3, 0.4) is 0 Å². The van der Waals surface area contributed by atoms with E-state index in [1.54, 1.807) is 62.9 Å². The molecule has 158 valence electrons. The Morgan fingerprint density at radius 2 is 1.84 bits per heavy atom. The van der Waals surface area contributed by atoms with E-state index in [9.17, 15) is 5.26 Å². The molecule has 1 heterocycles. The van der Waals surface area contributed by atoms with Crippen molar-refractivity contribution in [2.75, 3.05) is 25.0 Å². The second-order valence-corrected chi connectivity index (χ2v) is 7.06. The Balaban J connectivity index is 1.70. The maximum atomic E-state index is 9.75. The smallest absolute Gasteiger partial charge is 0.189 e. The quantitative estimate of drug-likeness (QED) is 0.359. The van der Waals surface area contributed by atoms with Crippen LogP contribution < -0.4 is 25.6 Å². The first-order valence-corrected chi connectivity index (χ1v) is 9.84. The second-order valence-electron chi connectivity index (χ2n) is 6.22. The number of aromatic nitrogens is 2. The van der Waals surface area contributed by atoms with Gasteiger partial charge in [-0.25, -0.2) is 4.98 Å². The van der Waals surface area contributed by atoms with Crippen LogP contribution in [0.15, 0.2) is 54.9 Å². The minimum Gasteiger partial charge on any atom is -0.493 e. The van der Waals surface area contributed by atoms with Gasteiger partial charge >= 0.3 is 0 Å². The molecule has 3 aromatic rings. The molecule has 0 aliphatic carbocycles. The van der Waals surface area contributed by atoms with Crippen LogP contribution in [0.2, 0.25) is 5.02 Å². The summed E-state index contributed by atoms with van der Waals surface area (Å²) < 4.78 is 10.6. The average Bonchev–Trinajstić information content (AvgIpc) is 2.80. The molecule has 0 saturated heterocycles. The maximum absolute atomic E-state index is 9.75. The fourth-order valence-corrected chi connectivity index (χ4v) is 3.04. The van der Waals surface area contributed by atoms with E-state index in [4.69, 9.17) is 33.3 Å². The molecule has 3 rings (SSSR count). The van der Waals surface area contributed by atoms with E-state index in [2.05, 4.69) is 32.2 Å². The molecule has 0 fully saturated rings. The Bertz CT molecular complexity index is 1100. The number of anilines is 2. The van der Waals surface area contributed by atoms with Gasteiger partial charge in [0, 0.05) is 10.7 Å². The van der Waals surface area contributed by atoms with Gasteiger partial charge in [0.05, 0.1) is 38.4 Å². The van der Waals surface area contributed by atoms with E-state index < -0.39 is 5.92 Å². The molecule has 0 aliphatic rings. The summed E-state index contributed by atoms with van der Waals surface area (Å²) >= 11 is 11.1. The molecule has 10 heteroatoms. The normalized spacial score (nSPS) is 11.0. The lowest BCUT2D eigenvalue weighted by Gasteiger charge is -2.15. The summed E-state index contributed by atoms with van der Waals surface area (Å²) in [5.41, 5.74) is 7.67. The van der Waals surface area contributed by atoms with Gasteiger partial charge in [-0.15, -0.1) is 0 Å². The van der Waals surface area contributed by atoms with Crippen LogP contribution >= 0.6 is 23.8 Å². The molecule has 8 nitrogen and oxygen atoms in total. The summed E-state index contributed by atoms with van der Waals surface area (Å²) in [6, 6.07) is 14.7. The van der Waals surface area contributed by atoms with Crippen molar-refractivity contribution in [2.45, 2.75) is 5.92 Å². The predicted molar refractivity (Wildman–Crippen MR) is 123 cm³/mol. The van der Waals surface area contributed by atoms with E-state index in [1.165, 1.54) is 6.20 Å². The van der Waals surface area contributed by atoms with Crippen molar-refractivity contribution >= 4 is 40.4 Å². The van der Waals surface area contributed by atoms with Crippen molar-refractivity contribution in [3.63, 3.8) is 0 Å². The van der Waals surface area contributed by atoms with Crippen LogP contribution in [-0.4, -0.2) is 29.3 Å². The Morgan fingerprint density at radius 1 is 1.10 bits per heavy atom. The minimum absolute atomic E-state index is 0.325. The van der Waals surface area contributed by atoms with Crippen molar-refractivity contribution in [3.8, 4) is 17.6 Å². The van der Waals surface area contributed by atoms with Crippen molar-refractivity contribution in [1.82, 2.24) is 15.4 Å². The number of nitriles is 1. The largest absolute Gasteiger partial charge is 0.493 e. The molecular formula is C21H19ClN6O2S. The topological polar surface area (TPSA) is 104 Å². The summed E-state index contributed by atoms with van der Waals surface area (Å²) in [5.74, 6) is 0.866. The molecular weight excluding hydrogens is 436 g/mol. The number of hydrogen-bond acceptors (Lipinski definition) is 7. The zero-order valence-electron chi connectivity index (χ0n) is 16.7. The number of hydrazine groups is 1. The minimum atomic E-state index is -0.645. The molecule has 0 bridgehead atoms. The van der Waals surface area contributed by atoms with Gasteiger partial charge in [-0.1, -0.05) is 17.7 Å². The van der Waals surface area contributed by atoms with Crippen LogP contribution in [0.25, 0.3) is 0 Å². The molecule has 3 N–H and O–H groups in total. The Labute approximate surface area is 190 Å². The summed E-state index contributed by atoms with van der Waals surface area (Å²) in [6.07, 6.45) is 3.06. The predicted octanol–water partition coefficient (Wildman–Crippen LogP) is 4.12. The number of nitrogens with zero attached hydrogens (tertiary/aromatic N) is 3. The molecule has 31 heavy (non-hydrogen) atoms. The van der Waals surface area contributed by atoms with Gasteiger partial charge in [0.2, 0.25) is 0 Å². The second kappa shape index (κ2) is 10.4.